The number of aliphatic hydroxyl groups is 2. The lowest BCUT2D eigenvalue weighted by Crippen LogP contribution is -2.62. The van der Waals surface area contributed by atoms with Crippen molar-refractivity contribution in [2.45, 2.75) is 58.2 Å². The van der Waals surface area contributed by atoms with Gasteiger partial charge in [0.15, 0.2) is 5.78 Å². The van der Waals surface area contributed by atoms with Gasteiger partial charge in [-0.25, -0.2) is 0 Å². The molecule has 0 saturated heterocycles. The maximum Gasteiger partial charge on any atom is 0.179 e. The van der Waals surface area contributed by atoms with Crippen molar-refractivity contribution in [2.75, 3.05) is 5.88 Å². The summed E-state index contributed by atoms with van der Waals surface area (Å²) in [5, 5.41) is 35.3. The summed E-state index contributed by atoms with van der Waals surface area (Å²) in [7, 11) is 0. The van der Waals surface area contributed by atoms with Crippen LogP contribution in [0.25, 0.3) is 0 Å². The van der Waals surface area contributed by atoms with Crippen LogP contribution in [0.1, 0.15) is 46.5 Å². The van der Waals surface area contributed by atoms with Gasteiger partial charge in [-0.3, -0.25) is 4.79 Å². The van der Waals surface area contributed by atoms with Crippen molar-refractivity contribution in [1.82, 2.24) is 0 Å². The number of fused-ring (bicyclic) bond motifs is 5. The minimum Gasteiger partial charge on any atom is -0.410 e. The third kappa shape index (κ3) is 2.84. The fourth-order valence-electron chi connectivity index (χ4n) is 7.43. The molecule has 4 aliphatic carbocycles. The molecule has 0 aromatic rings. The number of carbonyl (C=O) groups excluding carboxylic acids is 1. The van der Waals surface area contributed by atoms with Crippen LogP contribution >= 0.6 is 11.6 Å². The minimum absolute atomic E-state index is 0.0164. The van der Waals surface area contributed by atoms with E-state index in [2.05, 4.69) is 31.0 Å². The molecule has 3 N–H and O–H groups in total. The number of oxime groups is 1. The quantitative estimate of drug-likeness (QED) is 0.269. The highest BCUT2D eigenvalue weighted by atomic mass is 35.5. The van der Waals surface area contributed by atoms with Crippen molar-refractivity contribution in [3.8, 4) is 12.8 Å². The smallest absolute Gasteiger partial charge is 0.179 e. The number of allylic oxidation sites excluding steroid dienone is 4. The van der Waals surface area contributed by atoms with Gasteiger partial charge in [-0.1, -0.05) is 37.6 Å². The molecule has 2 unspecified atom stereocenters. The minimum atomic E-state index is -1.48. The van der Waals surface area contributed by atoms with Crippen LogP contribution < -0.4 is 0 Å². The molecule has 30 heavy (non-hydrogen) atoms. The van der Waals surface area contributed by atoms with E-state index in [4.69, 9.17) is 16.8 Å². The van der Waals surface area contributed by atoms with Gasteiger partial charge in [-0.15, -0.1) is 24.4 Å². The van der Waals surface area contributed by atoms with Gasteiger partial charge >= 0.3 is 0 Å². The highest BCUT2D eigenvalue weighted by Gasteiger charge is 2.70. The lowest BCUT2D eigenvalue weighted by atomic mass is 9.46. The molecule has 0 bridgehead atoms. The fourth-order valence-corrected chi connectivity index (χ4v) is 7.63. The number of carbonyl (C=O) groups is 1. The number of Topliss-reactive ketones (excluding diaryl/α,β-unsaturated/α-hetero) is 1. The molecule has 0 amide bonds. The van der Waals surface area contributed by atoms with Gasteiger partial charge in [0.25, 0.3) is 0 Å². The van der Waals surface area contributed by atoms with Gasteiger partial charge in [-0.2, -0.15) is 0 Å². The van der Waals surface area contributed by atoms with Crippen LogP contribution in [0.2, 0.25) is 0 Å². The average molecular weight is 434 g/mol. The van der Waals surface area contributed by atoms with Crippen LogP contribution in [0, 0.1) is 47.3 Å². The Hall–Kier alpha value is -1.61. The summed E-state index contributed by atoms with van der Waals surface area (Å²) in [6.07, 6.45) is 16.1. The Bertz CT molecular complexity index is 832. The monoisotopic (exact) mass is 433 g/mol. The van der Waals surface area contributed by atoms with Gasteiger partial charge in [0, 0.05) is 16.7 Å². The second kappa shape index (κ2) is 7.82. The first-order valence-corrected chi connectivity index (χ1v) is 11.1. The molecular formula is C24H32ClNO4. The van der Waals surface area contributed by atoms with Gasteiger partial charge in [-0.05, 0) is 55.6 Å². The molecule has 5 nitrogen and oxygen atoms in total. The molecule has 4 rings (SSSR count). The zero-order chi connectivity index (χ0) is 22.5. The molecule has 8 atom stereocenters. The summed E-state index contributed by atoms with van der Waals surface area (Å²) in [6, 6.07) is 0. The van der Waals surface area contributed by atoms with E-state index in [9.17, 15) is 15.0 Å². The predicted molar refractivity (Wildman–Crippen MR) is 117 cm³/mol. The Morgan fingerprint density at radius 1 is 1.37 bits per heavy atom. The highest BCUT2D eigenvalue weighted by molar-refractivity contribution is 6.29. The molecule has 3 saturated carbocycles. The van der Waals surface area contributed by atoms with E-state index in [0.717, 1.165) is 19.3 Å². The molecule has 3 fully saturated rings. The van der Waals surface area contributed by atoms with Crippen LogP contribution in [0.5, 0.6) is 0 Å². The molecule has 0 spiro atoms. The first-order valence-electron chi connectivity index (χ1n) is 10.6. The standard InChI is InChI=1S/C22H30ClNO4.C2H2/c1-12-8-16-15-5-4-13-9-14(24-28)6-7-20(13,2)19(15)17(25)10-21(16,3)22(12,27)18(26)11-23;1-2/h6-7,9,12,15-17,19,25,27-28H,4-5,8,10-11H2,1-3H3;1-2H/b24-14+;/t12-,15-,16?,17-,19?,20-,21-,22-;/m0./s1. The molecule has 6 heteroatoms. The summed E-state index contributed by atoms with van der Waals surface area (Å²) < 4.78 is 0. The van der Waals surface area contributed by atoms with Gasteiger partial charge < -0.3 is 15.4 Å². The molecule has 0 aliphatic heterocycles. The maximum atomic E-state index is 12.7. The Kier molecular flexibility index (Phi) is 6.01. The van der Waals surface area contributed by atoms with Crippen molar-refractivity contribution in [3.63, 3.8) is 0 Å². The summed E-state index contributed by atoms with van der Waals surface area (Å²) in [5.41, 5.74) is -0.741. The van der Waals surface area contributed by atoms with Crippen LogP contribution in [-0.4, -0.2) is 44.5 Å². The van der Waals surface area contributed by atoms with Crippen LogP contribution in [0.3, 0.4) is 0 Å². The second-order valence-electron chi connectivity index (χ2n) is 9.79. The van der Waals surface area contributed by atoms with Crippen molar-refractivity contribution >= 4 is 23.1 Å². The van der Waals surface area contributed by atoms with Crippen molar-refractivity contribution in [3.05, 3.63) is 23.8 Å². The molecule has 0 aromatic carbocycles. The summed E-state index contributed by atoms with van der Waals surface area (Å²) in [5.74, 6) is -0.312. The van der Waals surface area contributed by atoms with Crippen LogP contribution in [-0.2, 0) is 4.79 Å². The van der Waals surface area contributed by atoms with E-state index in [0.29, 0.717) is 12.1 Å². The molecule has 4 aliphatic rings. The molecular weight excluding hydrogens is 402 g/mol. The summed E-state index contributed by atoms with van der Waals surface area (Å²) >= 11 is 5.87. The van der Waals surface area contributed by atoms with E-state index in [-0.39, 0.29) is 40.7 Å². The number of alkyl halides is 1. The number of aliphatic hydroxyl groups excluding tert-OH is 1. The molecule has 0 radical (unpaired) electrons. The zero-order valence-corrected chi connectivity index (χ0v) is 18.6. The third-order valence-electron chi connectivity index (χ3n) is 8.75. The van der Waals surface area contributed by atoms with Crippen molar-refractivity contribution in [1.29, 1.82) is 0 Å². The van der Waals surface area contributed by atoms with E-state index in [1.165, 1.54) is 5.57 Å². The number of rotatable bonds is 2. The lowest BCUT2D eigenvalue weighted by Gasteiger charge is -2.59. The van der Waals surface area contributed by atoms with E-state index >= 15 is 0 Å². The van der Waals surface area contributed by atoms with E-state index in [1.54, 1.807) is 0 Å². The topological polar surface area (TPSA) is 90.1 Å². The number of halogens is 1. The second-order valence-corrected chi connectivity index (χ2v) is 10.1. The van der Waals surface area contributed by atoms with Crippen LogP contribution in [0.15, 0.2) is 29.0 Å². The highest BCUT2D eigenvalue weighted by Crippen LogP contribution is 2.68. The Balaban J connectivity index is 0.00000124. The Morgan fingerprint density at radius 3 is 2.63 bits per heavy atom. The SMILES string of the molecule is C#C.C[C@H]1CC2[C@@H]3CCC4=C/C(=N/O)C=C[C@]4(C)C3[C@@H](O)C[C@]2(C)[C@@]1(O)C(=O)CCl. The third-order valence-corrected chi connectivity index (χ3v) is 8.99. The lowest BCUT2D eigenvalue weighted by molar-refractivity contribution is -0.179. The number of hydrogen-bond acceptors (Lipinski definition) is 5. The Morgan fingerprint density at radius 2 is 2.03 bits per heavy atom. The number of ketones is 1. The predicted octanol–water partition coefficient (Wildman–Crippen LogP) is 3.56. The molecule has 0 heterocycles. The summed E-state index contributed by atoms with van der Waals surface area (Å²) in [6.45, 7) is 6.07. The number of hydrogen-bond donors (Lipinski definition) is 3. The Labute approximate surface area is 183 Å². The summed E-state index contributed by atoms with van der Waals surface area (Å²) in [4.78, 5) is 12.7. The van der Waals surface area contributed by atoms with Gasteiger partial charge in [0.2, 0.25) is 0 Å². The molecule has 0 aromatic heterocycles. The van der Waals surface area contributed by atoms with E-state index in [1.807, 2.05) is 26.0 Å². The fraction of sp³-hybridized carbons (Fsp3) is 0.667. The van der Waals surface area contributed by atoms with Crippen molar-refractivity contribution in [2.24, 2.45) is 39.7 Å². The number of nitrogens with zero attached hydrogens (tertiary/aromatic N) is 1. The first kappa shape index (κ1) is 23.1. The maximum absolute atomic E-state index is 12.7. The first-order chi connectivity index (χ1) is 14.1. The zero-order valence-electron chi connectivity index (χ0n) is 17.9. The van der Waals surface area contributed by atoms with Gasteiger partial charge in [0.1, 0.15) is 11.3 Å². The van der Waals surface area contributed by atoms with E-state index < -0.39 is 17.1 Å². The molecule has 164 valence electrons. The largest absolute Gasteiger partial charge is 0.410 e. The normalized spacial score (nSPS) is 47.9. The number of terminal acetylenes is 1. The van der Waals surface area contributed by atoms with Gasteiger partial charge in [0.05, 0.1) is 12.0 Å². The average Bonchev–Trinajstić information content (AvgIpc) is 2.94. The van der Waals surface area contributed by atoms with Crippen LogP contribution in [0.4, 0.5) is 0 Å². The van der Waals surface area contributed by atoms with Crippen molar-refractivity contribution < 1.29 is 20.2 Å².